The first-order chi connectivity index (χ1) is 7.81. The molecule has 16 heavy (non-hydrogen) atoms. The topological polar surface area (TPSA) is 24.4 Å². The molecule has 86 valence electrons. The van der Waals surface area contributed by atoms with Gasteiger partial charge in [0.1, 0.15) is 0 Å². The van der Waals surface area contributed by atoms with E-state index in [0.29, 0.717) is 6.04 Å². The second-order valence-corrected chi connectivity index (χ2v) is 4.99. The van der Waals surface area contributed by atoms with E-state index in [9.17, 15) is 0 Å². The van der Waals surface area contributed by atoms with Gasteiger partial charge in [-0.2, -0.15) is 0 Å². The molecule has 3 heteroatoms. The Hall–Kier alpha value is -0.960. The summed E-state index contributed by atoms with van der Waals surface area (Å²) in [5.41, 5.74) is 2.52. The Morgan fingerprint density at radius 1 is 1.44 bits per heavy atom. The molecule has 1 aliphatic heterocycles. The Morgan fingerprint density at radius 3 is 3.00 bits per heavy atom. The number of benzene rings is 1. The Balaban J connectivity index is 2.04. The molecule has 1 atom stereocenters. The number of amidine groups is 1. The van der Waals surface area contributed by atoms with Crippen molar-refractivity contribution in [3.63, 3.8) is 0 Å². The van der Waals surface area contributed by atoms with E-state index < -0.39 is 0 Å². The maximum atomic E-state index is 4.63. The van der Waals surface area contributed by atoms with Crippen LogP contribution in [0.2, 0.25) is 0 Å². The first-order valence-corrected chi connectivity index (χ1v) is 6.87. The van der Waals surface area contributed by atoms with E-state index in [1.54, 1.807) is 0 Å². The lowest BCUT2D eigenvalue weighted by Crippen LogP contribution is -2.05. The normalized spacial score (nSPS) is 19.6. The highest BCUT2D eigenvalue weighted by Gasteiger charge is 2.16. The van der Waals surface area contributed by atoms with E-state index in [1.807, 2.05) is 11.8 Å². The van der Waals surface area contributed by atoms with Crippen molar-refractivity contribution in [3.05, 3.63) is 29.8 Å². The van der Waals surface area contributed by atoms with E-state index in [4.69, 9.17) is 0 Å². The summed E-state index contributed by atoms with van der Waals surface area (Å²) >= 11 is 1.82. The van der Waals surface area contributed by atoms with Gasteiger partial charge < -0.3 is 5.32 Å². The molecule has 1 heterocycles. The van der Waals surface area contributed by atoms with Crippen molar-refractivity contribution >= 4 is 22.6 Å². The first kappa shape index (κ1) is 11.5. The van der Waals surface area contributed by atoms with Gasteiger partial charge in [-0.05, 0) is 30.5 Å². The second-order valence-electron chi connectivity index (χ2n) is 3.99. The molecule has 0 aromatic heterocycles. The smallest absolute Gasteiger partial charge is 0.161 e. The summed E-state index contributed by atoms with van der Waals surface area (Å²) < 4.78 is 0. The van der Waals surface area contributed by atoms with Crippen molar-refractivity contribution < 1.29 is 0 Å². The summed E-state index contributed by atoms with van der Waals surface area (Å²) in [6.07, 6.45) is 2.21. The molecule has 1 N–H and O–H groups in total. The number of aliphatic imine (C=N–C) groups is 1. The predicted molar refractivity (Wildman–Crippen MR) is 73.4 cm³/mol. The van der Waals surface area contributed by atoms with Gasteiger partial charge in [-0.15, -0.1) is 0 Å². The lowest BCUT2D eigenvalue weighted by molar-refractivity contribution is 0.738. The monoisotopic (exact) mass is 234 g/mol. The fourth-order valence-corrected chi connectivity index (χ4v) is 2.76. The summed E-state index contributed by atoms with van der Waals surface area (Å²) in [4.78, 5) is 4.63. The van der Waals surface area contributed by atoms with Crippen LogP contribution in [0, 0.1) is 0 Å². The van der Waals surface area contributed by atoms with E-state index in [-0.39, 0.29) is 0 Å². The van der Waals surface area contributed by atoms with Crippen LogP contribution in [-0.4, -0.2) is 17.0 Å². The van der Waals surface area contributed by atoms with Gasteiger partial charge in [-0.1, -0.05) is 37.7 Å². The number of hydrogen-bond donors (Lipinski definition) is 1. The second kappa shape index (κ2) is 5.39. The molecule has 2 nitrogen and oxygen atoms in total. The predicted octanol–water partition coefficient (Wildman–Crippen LogP) is 3.54. The van der Waals surface area contributed by atoms with Gasteiger partial charge in [0.15, 0.2) is 5.17 Å². The van der Waals surface area contributed by atoms with Gasteiger partial charge in [-0.25, -0.2) is 0 Å². The SMILES string of the molecule is CCc1cccc(NC2=NC(CC)CS2)c1. The van der Waals surface area contributed by atoms with Gasteiger partial charge >= 0.3 is 0 Å². The van der Waals surface area contributed by atoms with Crippen LogP contribution in [0.1, 0.15) is 25.8 Å². The minimum absolute atomic E-state index is 0.502. The molecule has 0 aliphatic carbocycles. The zero-order chi connectivity index (χ0) is 11.4. The minimum Gasteiger partial charge on any atom is -0.335 e. The van der Waals surface area contributed by atoms with E-state index in [2.05, 4.69) is 48.4 Å². The van der Waals surface area contributed by atoms with Crippen molar-refractivity contribution in [1.82, 2.24) is 0 Å². The Morgan fingerprint density at radius 2 is 2.31 bits per heavy atom. The molecular formula is C13H18N2S. The lowest BCUT2D eigenvalue weighted by Gasteiger charge is -2.06. The standard InChI is InChI=1S/C13H18N2S/c1-3-10-6-5-7-12(8-10)15-13-14-11(4-2)9-16-13/h5-8,11H,3-4,9H2,1-2H3,(H,14,15). The third kappa shape index (κ3) is 2.79. The minimum atomic E-state index is 0.502. The average Bonchev–Trinajstić information content (AvgIpc) is 2.77. The number of aryl methyl sites for hydroxylation is 1. The van der Waals surface area contributed by atoms with Crippen LogP contribution in [0.15, 0.2) is 29.3 Å². The van der Waals surface area contributed by atoms with Crippen molar-refractivity contribution in [1.29, 1.82) is 0 Å². The molecule has 1 unspecified atom stereocenters. The first-order valence-electron chi connectivity index (χ1n) is 5.88. The van der Waals surface area contributed by atoms with Gasteiger partial charge in [0.25, 0.3) is 0 Å². The van der Waals surface area contributed by atoms with Crippen LogP contribution < -0.4 is 5.32 Å². The van der Waals surface area contributed by atoms with Crippen LogP contribution in [0.4, 0.5) is 5.69 Å². The maximum Gasteiger partial charge on any atom is 0.161 e. The zero-order valence-corrected chi connectivity index (χ0v) is 10.7. The van der Waals surface area contributed by atoms with Gasteiger partial charge in [0.05, 0.1) is 6.04 Å². The largest absolute Gasteiger partial charge is 0.335 e. The number of rotatable bonds is 3. The van der Waals surface area contributed by atoms with E-state index in [1.165, 1.54) is 5.56 Å². The quantitative estimate of drug-likeness (QED) is 0.865. The third-order valence-electron chi connectivity index (χ3n) is 2.77. The van der Waals surface area contributed by atoms with E-state index >= 15 is 0 Å². The number of nitrogens with one attached hydrogen (secondary N) is 1. The van der Waals surface area contributed by atoms with E-state index in [0.717, 1.165) is 29.4 Å². The Bertz CT molecular complexity index is 387. The van der Waals surface area contributed by atoms with Crippen LogP contribution in [0.25, 0.3) is 0 Å². The van der Waals surface area contributed by atoms with Crippen molar-refractivity contribution in [2.75, 3.05) is 11.1 Å². The summed E-state index contributed by atoms with van der Waals surface area (Å²) in [5, 5.41) is 4.46. The molecule has 0 radical (unpaired) electrons. The average molecular weight is 234 g/mol. The Labute approximate surface area is 102 Å². The summed E-state index contributed by atoms with van der Waals surface area (Å²) in [6.45, 7) is 4.36. The molecular weight excluding hydrogens is 216 g/mol. The molecule has 0 saturated carbocycles. The van der Waals surface area contributed by atoms with Crippen molar-refractivity contribution in [2.24, 2.45) is 4.99 Å². The molecule has 0 amide bonds. The molecule has 1 aromatic rings. The van der Waals surface area contributed by atoms with Gasteiger partial charge in [0, 0.05) is 11.4 Å². The van der Waals surface area contributed by atoms with Crippen molar-refractivity contribution in [2.45, 2.75) is 32.7 Å². The molecule has 0 bridgehead atoms. The molecule has 1 aromatic carbocycles. The highest BCUT2D eigenvalue weighted by molar-refractivity contribution is 8.14. The van der Waals surface area contributed by atoms with Crippen LogP contribution in [0.5, 0.6) is 0 Å². The molecule has 0 fully saturated rings. The van der Waals surface area contributed by atoms with Crippen molar-refractivity contribution in [3.8, 4) is 0 Å². The van der Waals surface area contributed by atoms with Crippen LogP contribution in [-0.2, 0) is 6.42 Å². The fraction of sp³-hybridized carbons (Fsp3) is 0.462. The number of nitrogens with zero attached hydrogens (tertiary/aromatic N) is 1. The van der Waals surface area contributed by atoms with Gasteiger partial charge in [0.2, 0.25) is 0 Å². The highest BCUT2D eigenvalue weighted by atomic mass is 32.2. The number of anilines is 1. The summed E-state index contributed by atoms with van der Waals surface area (Å²) in [5.74, 6) is 1.12. The summed E-state index contributed by atoms with van der Waals surface area (Å²) in [7, 11) is 0. The molecule has 0 spiro atoms. The third-order valence-corrected chi connectivity index (χ3v) is 3.80. The number of hydrogen-bond acceptors (Lipinski definition) is 3. The van der Waals surface area contributed by atoms with Gasteiger partial charge in [-0.3, -0.25) is 4.99 Å². The molecule has 2 rings (SSSR count). The lowest BCUT2D eigenvalue weighted by atomic mass is 10.1. The maximum absolute atomic E-state index is 4.63. The Kier molecular flexibility index (Phi) is 3.88. The van der Waals surface area contributed by atoms with Crippen LogP contribution in [0.3, 0.4) is 0 Å². The molecule has 0 saturated heterocycles. The zero-order valence-electron chi connectivity index (χ0n) is 9.86. The summed E-state index contributed by atoms with van der Waals surface area (Å²) in [6, 6.07) is 9.05. The van der Waals surface area contributed by atoms with Crippen LogP contribution >= 0.6 is 11.8 Å². The molecule has 1 aliphatic rings. The fourth-order valence-electron chi connectivity index (χ4n) is 1.69. The number of thioether (sulfide) groups is 1. The highest BCUT2D eigenvalue weighted by Crippen LogP contribution is 2.22.